The van der Waals surface area contributed by atoms with Crippen LogP contribution in [-0.2, 0) is 9.08 Å². The lowest BCUT2D eigenvalue weighted by atomic mass is 9.92. The minimum absolute atomic E-state index is 0.0486. The molecule has 4 rings (SSSR count). The molecule has 2 aliphatic heterocycles. The lowest BCUT2D eigenvalue weighted by Crippen LogP contribution is -2.39. The van der Waals surface area contributed by atoms with Crippen LogP contribution in [-0.4, -0.2) is 46.3 Å². The largest absolute Gasteiger partial charge is 0.470 e. The maximum absolute atomic E-state index is 12.6. The number of carbonyl (C=O) groups excluding carboxylic acids is 3. The average molecular weight is 450 g/mol. The quantitative estimate of drug-likeness (QED) is 0.388. The van der Waals surface area contributed by atoms with Crippen molar-refractivity contribution in [2.75, 3.05) is 13.1 Å². The Labute approximate surface area is 179 Å². The highest BCUT2D eigenvalue weighted by molar-refractivity contribution is 7.95. The summed E-state index contributed by atoms with van der Waals surface area (Å²) >= 11 is -0.929. The molecule has 6 nitrogen and oxygen atoms in total. The van der Waals surface area contributed by atoms with Crippen molar-refractivity contribution in [1.29, 1.82) is 0 Å². The van der Waals surface area contributed by atoms with Crippen molar-refractivity contribution in [3.05, 3.63) is 53.1 Å². The van der Waals surface area contributed by atoms with Crippen LogP contribution >= 0.6 is 12.0 Å². The fourth-order valence-corrected chi connectivity index (χ4v) is 4.06. The number of nitrogens with zero attached hydrogens (tertiary/aromatic N) is 2. The molecule has 0 atom stereocenters. The third kappa shape index (κ3) is 4.31. The van der Waals surface area contributed by atoms with Crippen LogP contribution in [0.2, 0.25) is 0 Å². The Balaban J connectivity index is 1.67. The van der Waals surface area contributed by atoms with E-state index >= 15 is 0 Å². The Hall–Kier alpha value is -2.85. The molecule has 1 fully saturated rings. The molecular weight excluding hydrogens is 433 g/mol. The third-order valence-electron chi connectivity index (χ3n) is 5.18. The van der Waals surface area contributed by atoms with Crippen molar-refractivity contribution >= 4 is 46.6 Å². The van der Waals surface area contributed by atoms with Gasteiger partial charge >= 0.3 is 5.51 Å². The number of carbonyl (C=O) groups is 3. The van der Waals surface area contributed by atoms with E-state index in [0.29, 0.717) is 29.4 Å². The molecule has 162 valence electrons. The van der Waals surface area contributed by atoms with Crippen LogP contribution in [0.15, 0.2) is 36.4 Å². The second kappa shape index (κ2) is 8.35. The zero-order chi connectivity index (χ0) is 22.2. The van der Waals surface area contributed by atoms with E-state index in [1.54, 1.807) is 29.2 Å². The molecule has 3 amide bonds. The van der Waals surface area contributed by atoms with Crippen LogP contribution in [0, 0.1) is 0 Å². The smallest absolute Gasteiger partial charge is 0.339 e. The summed E-state index contributed by atoms with van der Waals surface area (Å²) in [6.45, 7) is 1.42. The Morgan fingerprint density at radius 2 is 1.68 bits per heavy atom. The number of hydroxylamine groups is 2. The summed E-state index contributed by atoms with van der Waals surface area (Å²) in [7, 11) is 0. The standard InChI is InChI=1S/C21H17F3N2O4S/c22-21(23,24)31-30-26-19(28)15-6-4-5-14-13(7-9-16(18(14)15)20(26)29)8-10-17(27)25-11-2-1-3-12-25/h4-10H,1-3,11-12H2/b10-8+. The summed E-state index contributed by atoms with van der Waals surface area (Å²) < 4.78 is 41.8. The first-order valence-corrected chi connectivity index (χ1v) is 10.3. The highest BCUT2D eigenvalue weighted by Gasteiger charge is 2.39. The van der Waals surface area contributed by atoms with E-state index < -0.39 is 29.4 Å². The topological polar surface area (TPSA) is 66.9 Å². The number of piperidine rings is 1. The zero-order valence-electron chi connectivity index (χ0n) is 16.1. The van der Waals surface area contributed by atoms with Crippen molar-refractivity contribution < 1.29 is 31.8 Å². The number of hydrogen-bond acceptors (Lipinski definition) is 5. The van der Waals surface area contributed by atoms with E-state index in [0.717, 1.165) is 19.3 Å². The van der Waals surface area contributed by atoms with Crippen LogP contribution in [0.4, 0.5) is 13.2 Å². The Morgan fingerprint density at radius 3 is 2.35 bits per heavy atom. The molecular formula is C21H17F3N2O4S. The van der Waals surface area contributed by atoms with Crippen molar-refractivity contribution in [2.24, 2.45) is 0 Å². The molecule has 2 heterocycles. The van der Waals surface area contributed by atoms with Gasteiger partial charge in [-0.25, -0.2) is 0 Å². The summed E-state index contributed by atoms with van der Waals surface area (Å²) in [6, 6.07) is 7.68. The number of likely N-dealkylation sites (tertiary alicyclic amines) is 1. The number of rotatable bonds is 4. The molecule has 0 unspecified atom stereocenters. The Morgan fingerprint density at radius 1 is 1.00 bits per heavy atom. The predicted molar refractivity (Wildman–Crippen MR) is 109 cm³/mol. The lowest BCUT2D eigenvalue weighted by Gasteiger charge is -2.26. The molecule has 0 spiro atoms. The van der Waals surface area contributed by atoms with Gasteiger partial charge in [0.05, 0.1) is 11.1 Å². The van der Waals surface area contributed by atoms with Gasteiger partial charge in [-0.05, 0) is 48.4 Å². The minimum Gasteiger partial charge on any atom is -0.339 e. The highest BCUT2D eigenvalue weighted by atomic mass is 32.2. The van der Waals surface area contributed by atoms with E-state index in [9.17, 15) is 27.6 Å². The van der Waals surface area contributed by atoms with Crippen LogP contribution in [0.3, 0.4) is 0 Å². The van der Waals surface area contributed by atoms with Gasteiger partial charge in [-0.2, -0.15) is 17.5 Å². The summed E-state index contributed by atoms with van der Waals surface area (Å²) in [5, 5.41) is 0.981. The second-order valence-corrected chi connectivity index (χ2v) is 7.94. The summed E-state index contributed by atoms with van der Waals surface area (Å²) in [4.78, 5) is 39.5. The van der Waals surface area contributed by atoms with Gasteiger partial charge in [-0.15, -0.1) is 5.06 Å². The minimum atomic E-state index is -4.78. The van der Waals surface area contributed by atoms with Crippen molar-refractivity contribution in [3.63, 3.8) is 0 Å². The molecule has 0 bridgehead atoms. The molecule has 0 N–H and O–H groups in total. The Kier molecular flexibility index (Phi) is 5.76. The summed E-state index contributed by atoms with van der Waals surface area (Å²) in [5.41, 5.74) is -4.06. The molecule has 0 aliphatic carbocycles. The molecule has 0 radical (unpaired) electrons. The van der Waals surface area contributed by atoms with Gasteiger partial charge < -0.3 is 4.90 Å². The number of amides is 3. The van der Waals surface area contributed by atoms with Gasteiger partial charge in [0.25, 0.3) is 11.8 Å². The van der Waals surface area contributed by atoms with E-state index in [2.05, 4.69) is 4.28 Å². The second-order valence-electron chi connectivity index (χ2n) is 7.16. The van der Waals surface area contributed by atoms with Crippen LogP contribution in [0.5, 0.6) is 0 Å². The molecule has 2 aromatic carbocycles. The molecule has 0 aromatic heterocycles. The lowest BCUT2D eigenvalue weighted by molar-refractivity contribution is -0.126. The SMILES string of the molecule is O=C(/C=C/c1ccc2c3c(cccc13)C(=O)N(OSC(F)(F)F)C2=O)N1CCCCC1. The van der Waals surface area contributed by atoms with Crippen LogP contribution in [0.1, 0.15) is 45.5 Å². The number of benzene rings is 2. The highest BCUT2D eigenvalue weighted by Crippen LogP contribution is 2.37. The average Bonchev–Trinajstić information content (AvgIpc) is 2.75. The Bertz CT molecular complexity index is 1070. The third-order valence-corrected chi connectivity index (χ3v) is 5.60. The van der Waals surface area contributed by atoms with Gasteiger partial charge in [0, 0.05) is 24.6 Å². The van der Waals surface area contributed by atoms with Gasteiger partial charge in [0.15, 0.2) is 0 Å². The van der Waals surface area contributed by atoms with Crippen molar-refractivity contribution in [1.82, 2.24) is 9.96 Å². The first-order valence-electron chi connectivity index (χ1n) is 9.60. The monoisotopic (exact) mass is 450 g/mol. The van der Waals surface area contributed by atoms with E-state index in [1.807, 2.05) is 0 Å². The fourth-order valence-electron chi connectivity index (χ4n) is 3.77. The van der Waals surface area contributed by atoms with Crippen molar-refractivity contribution in [3.8, 4) is 0 Å². The molecule has 1 saturated heterocycles. The maximum Gasteiger partial charge on any atom is 0.470 e. The number of halogens is 3. The van der Waals surface area contributed by atoms with Gasteiger partial charge in [0.1, 0.15) is 12.0 Å². The normalized spacial score (nSPS) is 17.1. The molecule has 2 aromatic rings. The summed E-state index contributed by atoms with van der Waals surface area (Å²) in [5.74, 6) is -2.08. The summed E-state index contributed by atoms with van der Waals surface area (Å²) in [6.07, 6.45) is 6.12. The molecule has 2 aliphatic rings. The molecule has 10 heteroatoms. The number of imide groups is 1. The zero-order valence-corrected chi connectivity index (χ0v) is 17.0. The molecule has 31 heavy (non-hydrogen) atoms. The van der Waals surface area contributed by atoms with Gasteiger partial charge in [-0.3, -0.25) is 14.4 Å². The van der Waals surface area contributed by atoms with Crippen molar-refractivity contribution in [2.45, 2.75) is 24.8 Å². The van der Waals surface area contributed by atoms with Gasteiger partial charge in [0.2, 0.25) is 5.91 Å². The maximum atomic E-state index is 12.6. The first-order chi connectivity index (χ1) is 14.8. The van der Waals surface area contributed by atoms with Gasteiger partial charge in [-0.1, -0.05) is 18.2 Å². The van der Waals surface area contributed by atoms with Crippen LogP contribution in [0.25, 0.3) is 16.8 Å². The van der Waals surface area contributed by atoms with E-state index in [1.165, 1.54) is 18.2 Å². The number of alkyl halides is 3. The van der Waals surface area contributed by atoms with E-state index in [-0.39, 0.29) is 22.1 Å². The predicted octanol–water partition coefficient (Wildman–Crippen LogP) is 4.56. The fraction of sp³-hybridized carbons (Fsp3) is 0.286. The van der Waals surface area contributed by atoms with Crippen LogP contribution < -0.4 is 0 Å². The van der Waals surface area contributed by atoms with E-state index in [4.69, 9.17) is 0 Å². The molecule has 0 saturated carbocycles. The first kappa shape index (κ1) is 21.4. The number of hydrogen-bond donors (Lipinski definition) is 0.